The molecule has 3 N–H and O–H groups in total. The molecule has 2 rings (SSSR count). The second-order valence-electron chi connectivity index (χ2n) is 1.71. The van der Waals surface area contributed by atoms with Crippen molar-refractivity contribution in [3.8, 4) is 0 Å². The van der Waals surface area contributed by atoms with Gasteiger partial charge in [0.15, 0.2) is 0 Å². The minimum absolute atomic E-state index is 0.602. The maximum absolute atomic E-state index is 10.6. The molecule has 0 aromatic heterocycles. The summed E-state index contributed by atoms with van der Waals surface area (Å²) in [6.45, 7) is 0. The molecular formula is C2H3N3O4S. The van der Waals surface area contributed by atoms with E-state index in [4.69, 9.17) is 0 Å². The smallest absolute Gasteiger partial charge is 0.267 e. The lowest BCUT2D eigenvalue weighted by Crippen LogP contribution is -2.61. The Kier molecular flexibility index (Phi) is 1.01. The summed E-state index contributed by atoms with van der Waals surface area (Å²) in [7, 11) is 0. The summed E-state index contributed by atoms with van der Waals surface area (Å²) in [6, 6.07) is -1.94. The quantitative estimate of drug-likeness (QED) is 0.287. The monoisotopic (exact) mass is 165 g/mol. The Morgan fingerprint density at radius 3 is 2.70 bits per heavy atom. The van der Waals surface area contributed by atoms with Crippen LogP contribution in [0.5, 0.6) is 0 Å². The van der Waals surface area contributed by atoms with Gasteiger partial charge in [-0.25, -0.2) is 13.7 Å². The van der Waals surface area contributed by atoms with Crippen molar-refractivity contribution in [1.82, 2.24) is 14.8 Å². The molecule has 2 fully saturated rings. The lowest BCUT2D eigenvalue weighted by Gasteiger charge is -2.16. The van der Waals surface area contributed by atoms with E-state index >= 15 is 0 Å². The van der Waals surface area contributed by atoms with Gasteiger partial charge in [-0.15, -0.1) is 4.72 Å². The van der Waals surface area contributed by atoms with Crippen LogP contribution in [0, 0.1) is 0 Å². The zero-order chi connectivity index (χ0) is 7.19. The first-order valence-corrected chi connectivity index (χ1v) is 3.50. The third-order valence-electron chi connectivity index (χ3n) is 0.941. The summed E-state index contributed by atoms with van der Waals surface area (Å²) in [5.74, 6) is 0. The molecule has 7 nitrogen and oxygen atoms in total. The van der Waals surface area contributed by atoms with Crippen LogP contribution in [-0.2, 0) is 20.9 Å². The highest BCUT2D eigenvalue weighted by Crippen LogP contribution is 2.23. The van der Waals surface area contributed by atoms with Crippen molar-refractivity contribution in [2.75, 3.05) is 0 Å². The zero-order valence-corrected chi connectivity index (χ0v) is 5.36. The van der Waals surface area contributed by atoms with Crippen LogP contribution >= 0.6 is 0 Å². The van der Waals surface area contributed by atoms with Crippen molar-refractivity contribution < 1.29 is 18.8 Å². The molecule has 2 aliphatic heterocycles. The van der Waals surface area contributed by atoms with Crippen molar-refractivity contribution >= 4 is 17.2 Å². The molecule has 1 unspecified atom stereocenters. The number of carbonyl (C=O) groups is 1. The van der Waals surface area contributed by atoms with E-state index in [1.165, 1.54) is 0 Å². The molecule has 0 radical (unpaired) electrons. The number of nitrogens with one attached hydrogen (secondary N) is 3. The van der Waals surface area contributed by atoms with Crippen LogP contribution in [0.2, 0.25) is 0 Å². The Hall–Kier alpha value is -0.700. The van der Waals surface area contributed by atoms with Gasteiger partial charge in [-0.1, -0.05) is 0 Å². The van der Waals surface area contributed by atoms with Crippen molar-refractivity contribution in [2.45, 2.75) is 6.03 Å². The zero-order valence-electron chi connectivity index (χ0n) is 4.54. The molecule has 10 heavy (non-hydrogen) atoms. The van der Waals surface area contributed by atoms with Gasteiger partial charge >= 0.3 is 12.1 Å². The van der Waals surface area contributed by atoms with Gasteiger partial charge < -0.3 is 0 Å². The first-order chi connectivity index (χ1) is 4.70. The fourth-order valence-corrected chi connectivity index (χ4v) is 1.18. The molecule has 1 atom stereocenters. The van der Waals surface area contributed by atoms with E-state index in [0.717, 1.165) is 0 Å². The van der Waals surface area contributed by atoms with Crippen LogP contribution in [0.15, 0.2) is 0 Å². The van der Waals surface area contributed by atoms with Crippen molar-refractivity contribution in [1.29, 1.82) is 0 Å². The average Bonchev–Trinajstić information content (AvgIpc) is 2.44. The SMILES string of the molecule is O=C1NS(=O)NC2(N1)OO2. The number of amides is 2. The highest BCUT2D eigenvalue weighted by Gasteiger charge is 2.55. The van der Waals surface area contributed by atoms with E-state index < -0.39 is 23.2 Å². The maximum atomic E-state index is 10.6. The highest BCUT2D eigenvalue weighted by atomic mass is 32.2. The summed E-state index contributed by atoms with van der Waals surface area (Å²) in [6.07, 6.45) is 0. The average molecular weight is 165 g/mol. The summed E-state index contributed by atoms with van der Waals surface area (Å²) >= 11 is -1.64. The van der Waals surface area contributed by atoms with Gasteiger partial charge in [0, 0.05) is 0 Å². The van der Waals surface area contributed by atoms with Crippen LogP contribution in [0.25, 0.3) is 0 Å². The van der Waals surface area contributed by atoms with E-state index in [1.54, 1.807) is 0 Å². The molecule has 0 aromatic rings. The number of rotatable bonds is 0. The Morgan fingerprint density at radius 2 is 2.20 bits per heavy atom. The molecule has 8 heteroatoms. The predicted molar refractivity (Wildman–Crippen MR) is 27.8 cm³/mol. The normalized spacial score (nSPS) is 34.8. The molecule has 0 aromatic carbocycles. The minimum atomic E-state index is -1.64. The molecule has 2 aliphatic rings. The van der Waals surface area contributed by atoms with Crippen molar-refractivity contribution in [3.05, 3.63) is 0 Å². The van der Waals surface area contributed by atoms with E-state index in [2.05, 4.69) is 19.8 Å². The van der Waals surface area contributed by atoms with Gasteiger partial charge in [0.1, 0.15) is 0 Å². The summed E-state index contributed by atoms with van der Waals surface area (Å²) in [5.41, 5.74) is 0. The van der Waals surface area contributed by atoms with Crippen LogP contribution < -0.4 is 14.8 Å². The van der Waals surface area contributed by atoms with E-state index in [9.17, 15) is 9.00 Å². The van der Waals surface area contributed by atoms with E-state index in [1.807, 2.05) is 4.72 Å². The van der Waals surface area contributed by atoms with Gasteiger partial charge in [0.25, 0.3) is 0 Å². The molecular weight excluding hydrogens is 162 g/mol. The Morgan fingerprint density at radius 1 is 1.50 bits per heavy atom. The number of urea groups is 1. The van der Waals surface area contributed by atoms with Gasteiger partial charge in [-0.2, -0.15) is 9.78 Å². The minimum Gasteiger partial charge on any atom is -0.267 e. The van der Waals surface area contributed by atoms with Crippen LogP contribution in [0.3, 0.4) is 0 Å². The third-order valence-corrected chi connectivity index (χ3v) is 1.77. The summed E-state index contributed by atoms with van der Waals surface area (Å²) < 4.78 is 14.9. The second kappa shape index (κ2) is 1.66. The Labute approximate surface area is 57.7 Å². The van der Waals surface area contributed by atoms with Gasteiger partial charge in [0.2, 0.25) is 11.2 Å². The van der Waals surface area contributed by atoms with Gasteiger partial charge in [0.05, 0.1) is 0 Å². The fraction of sp³-hybridized carbons (Fsp3) is 0.500. The van der Waals surface area contributed by atoms with Gasteiger partial charge in [-0.05, 0) is 0 Å². The molecule has 2 amide bonds. The first kappa shape index (κ1) is 6.04. The molecule has 0 saturated carbocycles. The van der Waals surface area contributed by atoms with Gasteiger partial charge in [-0.3, -0.25) is 5.32 Å². The molecule has 2 heterocycles. The van der Waals surface area contributed by atoms with E-state index in [-0.39, 0.29) is 0 Å². The molecule has 56 valence electrons. The molecule has 2 saturated heterocycles. The molecule has 0 bridgehead atoms. The topological polar surface area (TPSA) is 95.3 Å². The highest BCUT2D eigenvalue weighted by molar-refractivity contribution is 7.81. The Bertz CT molecular complexity index is 195. The standard InChI is InChI=1S/C2H3N3O4S/c6-1-3-2(8-9-2)5-10(7)4-1/h5H,(H2,3,4,6). The first-order valence-electron chi connectivity index (χ1n) is 2.35. The Balaban J connectivity index is 2.14. The van der Waals surface area contributed by atoms with Crippen molar-refractivity contribution in [2.24, 2.45) is 0 Å². The van der Waals surface area contributed by atoms with Crippen LogP contribution in [0.4, 0.5) is 4.79 Å². The fourth-order valence-electron chi connectivity index (χ4n) is 0.550. The summed E-state index contributed by atoms with van der Waals surface area (Å²) in [4.78, 5) is 19.1. The molecule has 1 spiro atoms. The largest absolute Gasteiger partial charge is 0.385 e. The van der Waals surface area contributed by atoms with E-state index in [0.29, 0.717) is 0 Å². The predicted octanol–water partition coefficient (Wildman–Crippen LogP) is -1.96. The maximum Gasteiger partial charge on any atom is 0.385 e. The lowest BCUT2D eigenvalue weighted by atomic mass is 10.8. The van der Waals surface area contributed by atoms with Crippen molar-refractivity contribution in [3.63, 3.8) is 0 Å². The lowest BCUT2D eigenvalue weighted by molar-refractivity contribution is 0.0850. The third kappa shape index (κ3) is 0.865. The van der Waals surface area contributed by atoms with Crippen LogP contribution in [0.1, 0.15) is 0 Å². The number of hydrogen-bond donors (Lipinski definition) is 3. The van der Waals surface area contributed by atoms with Crippen LogP contribution in [-0.4, -0.2) is 16.3 Å². The second-order valence-corrected chi connectivity index (χ2v) is 2.66. The summed E-state index contributed by atoms with van der Waals surface area (Å²) in [5, 5.41) is 2.20. The number of hydrogen-bond acceptors (Lipinski definition) is 4. The molecule has 0 aliphatic carbocycles. The number of carbonyl (C=O) groups excluding carboxylic acids is 1.